The molecule has 3 amide bonds. The molecule has 0 aliphatic carbocycles. The van der Waals surface area contributed by atoms with E-state index in [1.165, 1.54) is 24.3 Å². The maximum Gasteiger partial charge on any atom is 0.328 e. The zero-order valence-electron chi connectivity index (χ0n) is 17.8. The van der Waals surface area contributed by atoms with Crippen LogP contribution in [0, 0.1) is 5.92 Å². The Morgan fingerprint density at radius 1 is 0.938 bits per heavy atom. The number of benzene rings is 1. The highest BCUT2D eigenvalue weighted by molar-refractivity contribution is 7.80. The van der Waals surface area contributed by atoms with Crippen LogP contribution in [-0.2, 0) is 25.6 Å². The highest BCUT2D eigenvalue weighted by Crippen LogP contribution is 2.12. The second-order valence-electron chi connectivity index (χ2n) is 7.53. The number of nitrogens with one attached hydrogen (secondary N) is 3. The number of aliphatic hydroxyl groups is 1. The molecule has 1 rings (SSSR count). The standard InChI is InChI=1S/C20H30N4O7S/c1-10(2)16(21)19(29)24-15(9-32)18(28)22-13(7-11-3-5-12(26)6-4-11)17(27)23-14(8-25)20(30)31/h3-6,10,13-16,25-26,32H,7-9,21H2,1-2H3,(H,22,28)(H,23,27)(H,24,29)(H,30,31). The van der Waals surface area contributed by atoms with E-state index in [-0.39, 0.29) is 23.8 Å². The maximum atomic E-state index is 12.7. The van der Waals surface area contributed by atoms with Crippen LogP contribution in [0.15, 0.2) is 24.3 Å². The summed E-state index contributed by atoms with van der Waals surface area (Å²) < 4.78 is 0. The van der Waals surface area contributed by atoms with E-state index < -0.39 is 54.5 Å². The molecule has 0 aromatic heterocycles. The minimum Gasteiger partial charge on any atom is -0.508 e. The van der Waals surface area contributed by atoms with Crippen molar-refractivity contribution < 1.29 is 34.5 Å². The van der Waals surface area contributed by atoms with Crippen molar-refractivity contribution in [3.63, 3.8) is 0 Å². The van der Waals surface area contributed by atoms with Gasteiger partial charge in [-0.15, -0.1) is 0 Å². The van der Waals surface area contributed by atoms with E-state index in [9.17, 15) is 29.4 Å². The normalized spacial score (nSPS) is 14.7. The summed E-state index contributed by atoms with van der Waals surface area (Å²) in [5.74, 6) is -3.82. The number of carbonyl (C=O) groups is 4. The Kier molecular flexibility index (Phi) is 11.0. The fourth-order valence-corrected chi connectivity index (χ4v) is 2.83. The first kappa shape index (κ1) is 27.2. The summed E-state index contributed by atoms with van der Waals surface area (Å²) in [6, 6.07) is 1.10. The van der Waals surface area contributed by atoms with Gasteiger partial charge >= 0.3 is 5.97 Å². The van der Waals surface area contributed by atoms with Crippen molar-refractivity contribution in [3.05, 3.63) is 29.8 Å². The van der Waals surface area contributed by atoms with Crippen LogP contribution in [0.4, 0.5) is 0 Å². The molecule has 0 aliphatic heterocycles. The average molecular weight is 471 g/mol. The first-order chi connectivity index (χ1) is 15.0. The summed E-state index contributed by atoms with van der Waals surface area (Å²) in [6.45, 7) is 2.65. The highest BCUT2D eigenvalue weighted by Gasteiger charge is 2.30. The number of carboxylic acid groups (broad SMARTS) is 1. The van der Waals surface area contributed by atoms with E-state index >= 15 is 0 Å². The molecular weight excluding hydrogens is 440 g/mol. The summed E-state index contributed by atoms with van der Waals surface area (Å²) in [4.78, 5) is 48.8. The Hall–Kier alpha value is -2.83. The number of thiol groups is 1. The van der Waals surface area contributed by atoms with Crippen LogP contribution in [0.3, 0.4) is 0 Å². The number of nitrogens with two attached hydrogens (primary N) is 1. The summed E-state index contributed by atoms with van der Waals surface area (Å²) in [6.07, 6.45) is -0.0473. The van der Waals surface area contributed by atoms with Crippen molar-refractivity contribution in [1.82, 2.24) is 16.0 Å². The molecule has 0 saturated carbocycles. The smallest absolute Gasteiger partial charge is 0.328 e. The summed E-state index contributed by atoms with van der Waals surface area (Å²) in [5, 5.41) is 34.8. The minimum atomic E-state index is -1.56. The van der Waals surface area contributed by atoms with Crippen molar-refractivity contribution in [2.45, 2.75) is 44.4 Å². The van der Waals surface area contributed by atoms with Gasteiger partial charge in [-0.25, -0.2) is 4.79 Å². The van der Waals surface area contributed by atoms with E-state index in [0.29, 0.717) is 5.56 Å². The van der Waals surface area contributed by atoms with Gasteiger partial charge in [0.05, 0.1) is 12.6 Å². The second-order valence-corrected chi connectivity index (χ2v) is 7.89. The van der Waals surface area contributed by atoms with Gasteiger partial charge < -0.3 is 37.0 Å². The predicted molar refractivity (Wildman–Crippen MR) is 119 cm³/mol. The molecule has 0 spiro atoms. The van der Waals surface area contributed by atoms with Crippen molar-refractivity contribution in [2.75, 3.05) is 12.4 Å². The molecule has 0 saturated heterocycles. The lowest BCUT2D eigenvalue weighted by Gasteiger charge is -2.25. The van der Waals surface area contributed by atoms with Gasteiger partial charge in [-0.1, -0.05) is 26.0 Å². The van der Waals surface area contributed by atoms with Gasteiger partial charge in [-0.05, 0) is 23.6 Å². The number of carboxylic acids is 1. The van der Waals surface area contributed by atoms with Gasteiger partial charge in [0.2, 0.25) is 17.7 Å². The Morgan fingerprint density at radius 2 is 1.44 bits per heavy atom. The first-order valence-corrected chi connectivity index (χ1v) is 10.5. The number of hydrogen-bond donors (Lipinski definition) is 8. The molecule has 178 valence electrons. The summed E-state index contributed by atoms with van der Waals surface area (Å²) in [7, 11) is 0. The maximum absolute atomic E-state index is 12.7. The summed E-state index contributed by atoms with van der Waals surface area (Å²) >= 11 is 4.08. The third-order valence-electron chi connectivity index (χ3n) is 4.64. The number of hydrogen-bond acceptors (Lipinski definition) is 8. The lowest BCUT2D eigenvalue weighted by molar-refractivity contribution is -0.143. The topological polar surface area (TPSA) is 191 Å². The first-order valence-electron chi connectivity index (χ1n) is 9.89. The Balaban J connectivity index is 3.02. The molecule has 4 unspecified atom stereocenters. The van der Waals surface area contributed by atoms with Gasteiger partial charge in [-0.2, -0.15) is 12.6 Å². The number of phenolic OH excluding ortho intramolecular Hbond substituents is 1. The Labute approximate surface area is 191 Å². The van der Waals surface area contributed by atoms with Gasteiger partial charge in [0, 0.05) is 12.2 Å². The van der Waals surface area contributed by atoms with Crippen molar-refractivity contribution in [1.29, 1.82) is 0 Å². The van der Waals surface area contributed by atoms with Gasteiger partial charge in [0.1, 0.15) is 23.9 Å². The fraction of sp³-hybridized carbons (Fsp3) is 0.500. The number of amides is 3. The molecule has 4 atom stereocenters. The SMILES string of the molecule is CC(C)C(N)C(=O)NC(CS)C(=O)NC(Cc1ccc(O)cc1)C(=O)NC(CO)C(=O)O. The van der Waals surface area contributed by atoms with E-state index in [1.54, 1.807) is 13.8 Å². The van der Waals surface area contributed by atoms with Crippen molar-refractivity contribution >= 4 is 36.3 Å². The average Bonchev–Trinajstić information content (AvgIpc) is 2.75. The molecule has 12 heteroatoms. The lowest BCUT2D eigenvalue weighted by Crippen LogP contribution is -2.58. The molecule has 8 N–H and O–H groups in total. The minimum absolute atomic E-state index is 0.00403. The molecule has 0 heterocycles. The van der Waals surface area contributed by atoms with E-state index in [1.807, 2.05) is 0 Å². The predicted octanol–water partition coefficient (Wildman–Crippen LogP) is -1.62. The third kappa shape index (κ3) is 8.36. The molecule has 1 aromatic carbocycles. The van der Waals surface area contributed by atoms with Crippen molar-refractivity contribution in [3.8, 4) is 5.75 Å². The molecule has 0 aliphatic rings. The number of rotatable bonds is 12. The molecule has 0 bridgehead atoms. The quantitative estimate of drug-likeness (QED) is 0.167. The van der Waals surface area contributed by atoms with Gasteiger partial charge in [0.15, 0.2) is 0 Å². The van der Waals surface area contributed by atoms with Gasteiger partial charge in [0.25, 0.3) is 0 Å². The number of aromatic hydroxyl groups is 1. The third-order valence-corrected chi connectivity index (χ3v) is 5.01. The highest BCUT2D eigenvalue weighted by atomic mass is 32.1. The Bertz CT molecular complexity index is 804. The largest absolute Gasteiger partial charge is 0.508 e. The van der Waals surface area contributed by atoms with Crippen LogP contribution in [-0.4, -0.2) is 75.5 Å². The van der Waals surface area contributed by atoms with E-state index in [0.717, 1.165) is 0 Å². The molecule has 32 heavy (non-hydrogen) atoms. The fourth-order valence-electron chi connectivity index (χ4n) is 2.57. The molecule has 11 nitrogen and oxygen atoms in total. The van der Waals surface area contributed by atoms with Crippen LogP contribution in [0.5, 0.6) is 5.75 Å². The van der Waals surface area contributed by atoms with Crippen LogP contribution in [0.25, 0.3) is 0 Å². The number of aliphatic hydroxyl groups excluding tert-OH is 1. The monoisotopic (exact) mass is 470 g/mol. The van der Waals surface area contributed by atoms with E-state index in [4.69, 9.17) is 10.8 Å². The lowest BCUT2D eigenvalue weighted by atomic mass is 10.0. The number of carbonyl (C=O) groups excluding carboxylic acids is 3. The van der Waals surface area contributed by atoms with E-state index in [2.05, 4.69) is 28.6 Å². The Morgan fingerprint density at radius 3 is 1.91 bits per heavy atom. The number of phenols is 1. The van der Waals surface area contributed by atoms with Crippen molar-refractivity contribution in [2.24, 2.45) is 11.7 Å². The summed E-state index contributed by atoms with van der Waals surface area (Å²) in [5.41, 5.74) is 6.36. The van der Waals surface area contributed by atoms with Gasteiger partial charge in [-0.3, -0.25) is 14.4 Å². The molecule has 1 aromatic rings. The second kappa shape index (κ2) is 12.9. The zero-order valence-corrected chi connectivity index (χ0v) is 18.7. The van der Waals surface area contributed by atoms with Crippen LogP contribution in [0.2, 0.25) is 0 Å². The molecule has 0 fully saturated rings. The van der Waals surface area contributed by atoms with Crippen LogP contribution < -0.4 is 21.7 Å². The molecule has 0 radical (unpaired) electrons. The molecular formula is C20H30N4O7S. The van der Waals surface area contributed by atoms with Crippen LogP contribution in [0.1, 0.15) is 19.4 Å². The van der Waals surface area contributed by atoms with Crippen LogP contribution >= 0.6 is 12.6 Å². The number of aliphatic carboxylic acids is 1. The zero-order chi connectivity index (χ0) is 24.4.